The first-order valence-electron chi connectivity index (χ1n) is 8.60. The maximum atomic E-state index is 12.0. The third-order valence-electron chi connectivity index (χ3n) is 3.99. The number of hydrogen-bond acceptors (Lipinski definition) is 6. The first-order valence-corrected chi connectivity index (χ1v) is 9.59. The van der Waals surface area contributed by atoms with E-state index < -0.39 is 0 Å². The lowest BCUT2D eigenvalue weighted by molar-refractivity contribution is 0.252. The number of aromatic nitrogens is 4. The maximum absolute atomic E-state index is 12.0. The minimum Gasteiger partial charge on any atom is -0.484 e. The second kappa shape index (κ2) is 8.13. The Morgan fingerprint density at radius 1 is 1.07 bits per heavy atom. The molecule has 27 heavy (non-hydrogen) atoms. The minimum atomic E-state index is -0.0839. The zero-order chi connectivity index (χ0) is 18.5. The summed E-state index contributed by atoms with van der Waals surface area (Å²) in [7, 11) is 0. The molecular formula is C19H18N4O3S. The number of H-pyrrole nitrogens is 1. The highest BCUT2D eigenvalue weighted by molar-refractivity contribution is 7.99. The summed E-state index contributed by atoms with van der Waals surface area (Å²) in [6.45, 7) is 0.871. The fourth-order valence-corrected chi connectivity index (χ4v) is 3.43. The Kier molecular flexibility index (Phi) is 5.24. The Morgan fingerprint density at radius 3 is 2.78 bits per heavy atom. The largest absolute Gasteiger partial charge is 0.484 e. The van der Waals surface area contributed by atoms with Crippen LogP contribution in [-0.4, -0.2) is 25.5 Å². The van der Waals surface area contributed by atoms with Crippen LogP contribution >= 0.6 is 11.8 Å². The average molecular weight is 382 g/mol. The molecule has 138 valence electrons. The van der Waals surface area contributed by atoms with Crippen molar-refractivity contribution < 1.29 is 9.15 Å². The number of fused-ring (bicyclic) bond motifs is 1. The highest BCUT2D eigenvalue weighted by Crippen LogP contribution is 2.19. The molecule has 0 aliphatic carbocycles. The van der Waals surface area contributed by atoms with E-state index in [1.165, 1.54) is 11.8 Å². The molecule has 4 rings (SSSR count). The predicted octanol–water partition coefficient (Wildman–Crippen LogP) is 3.47. The van der Waals surface area contributed by atoms with Gasteiger partial charge in [-0.2, -0.15) is 0 Å². The predicted molar refractivity (Wildman–Crippen MR) is 103 cm³/mol. The summed E-state index contributed by atoms with van der Waals surface area (Å²) < 4.78 is 12.9. The molecule has 8 heteroatoms. The van der Waals surface area contributed by atoms with E-state index in [1.54, 1.807) is 4.57 Å². The number of imidazole rings is 1. The second-order valence-corrected chi connectivity index (χ2v) is 6.91. The highest BCUT2D eigenvalue weighted by atomic mass is 32.2. The van der Waals surface area contributed by atoms with Gasteiger partial charge in [-0.3, -0.25) is 4.57 Å². The first-order chi connectivity index (χ1) is 13.3. The molecule has 4 aromatic rings. The van der Waals surface area contributed by atoms with Crippen molar-refractivity contribution >= 4 is 22.8 Å². The molecule has 0 atom stereocenters. The van der Waals surface area contributed by atoms with Gasteiger partial charge in [-0.1, -0.05) is 42.1 Å². The number of aromatic amines is 1. The van der Waals surface area contributed by atoms with E-state index in [9.17, 15) is 4.79 Å². The summed E-state index contributed by atoms with van der Waals surface area (Å²) in [6, 6.07) is 17.2. The van der Waals surface area contributed by atoms with E-state index in [0.29, 0.717) is 17.7 Å². The molecule has 2 aromatic heterocycles. The van der Waals surface area contributed by atoms with Crippen molar-refractivity contribution in [2.24, 2.45) is 0 Å². The van der Waals surface area contributed by atoms with Crippen LogP contribution in [0, 0.1) is 0 Å². The molecule has 2 heterocycles. The molecule has 0 bridgehead atoms. The fraction of sp³-hybridized carbons (Fsp3) is 0.211. The smallest absolute Gasteiger partial charge is 0.326 e. The van der Waals surface area contributed by atoms with Gasteiger partial charge < -0.3 is 14.1 Å². The number of nitrogens with zero attached hydrogens (tertiary/aromatic N) is 3. The van der Waals surface area contributed by atoms with Crippen molar-refractivity contribution in [3.05, 3.63) is 71.0 Å². The van der Waals surface area contributed by atoms with Crippen LogP contribution in [0.15, 0.2) is 69.0 Å². The summed E-state index contributed by atoms with van der Waals surface area (Å²) in [5, 5.41) is 8.52. The van der Waals surface area contributed by atoms with Gasteiger partial charge in [0.05, 0.1) is 11.0 Å². The molecule has 0 spiro atoms. The minimum absolute atomic E-state index is 0.0839. The lowest BCUT2D eigenvalue weighted by atomic mass is 10.3. The Morgan fingerprint density at radius 2 is 1.89 bits per heavy atom. The van der Waals surface area contributed by atoms with Crippen LogP contribution in [0.4, 0.5) is 0 Å². The molecule has 0 aliphatic rings. The fourth-order valence-electron chi connectivity index (χ4n) is 2.73. The van der Waals surface area contributed by atoms with Gasteiger partial charge >= 0.3 is 5.69 Å². The van der Waals surface area contributed by atoms with Gasteiger partial charge in [0.15, 0.2) is 6.61 Å². The number of thioether (sulfide) groups is 1. The molecular weight excluding hydrogens is 364 g/mol. The molecule has 0 amide bonds. The van der Waals surface area contributed by atoms with Gasteiger partial charge in [-0.05, 0) is 30.7 Å². The van der Waals surface area contributed by atoms with Crippen LogP contribution in [0.5, 0.6) is 5.75 Å². The number of nitrogens with one attached hydrogen (secondary N) is 1. The maximum Gasteiger partial charge on any atom is 0.326 e. The second-order valence-electron chi connectivity index (χ2n) is 5.86. The SMILES string of the molecule is O=c1[nH]c2ccccc2n1CCCSc1nnc(COc2ccccc2)o1. The summed E-state index contributed by atoms with van der Waals surface area (Å²) in [6.07, 6.45) is 0.810. The van der Waals surface area contributed by atoms with Crippen LogP contribution in [0.3, 0.4) is 0 Å². The first kappa shape index (κ1) is 17.4. The van der Waals surface area contributed by atoms with Crippen molar-refractivity contribution in [1.29, 1.82) is 0 Å². The topological polar surface area (TPSA) is 85.9 Å². The van der Waals surface area contributed by atoms with Crippen LogP contribution in [0.1, 0.15) is 12.3 Å². The van der Waals surface area contributed by atoms with E-state index in [2.05, 4.69) is 15.2 Å². The van der Waals surface area contributed by atoms with Gasteiger partial charge in [-0.25, -0.2) is 4.79 Å². The van der Waals surface area contributed by atoms with E-state index in [-0.39, 0.29) is 12.3 Å². The summed E-state index contributed by atoms with van der Waals surface area (Å²) >= 11 is 1.47. The van der Waals surface area contributed by atoms with E-state index in [1.807, 2.05) is 54.6 Å². The van der Waals surface area contributed by atoms with Gasteiger partial charge in [0.1, 0.15) is 5.75 Å². The lowest BCUT2D eigenvalue weighted by Gasteiger charge is -2.02. The standard InChI is InChI=1S/C19H18N4O3S/c24-18-20-15-9-4-5-10-16(15)23(18)11-6-12-27-19-22-21-17(26-19)13-25-14-7-2-1-3-8-14/h1-5,7-10H,6,11-13H2,(H,20,24). The van der Waals surface area contributed by atoms with Crippen LogP contribution in [0.25, 0.3) is 11.0 Å². The lowest BCUT2D eigenvalue weighted by Crippen LogP contribution is -2.17. The van der Waals surface area contributed by atoms with Crippen LogP contribution in [-0.2, 0) is 13.2 Å². The molecule has 0 radical (unpaired) electrons. The van der Waals surface area contributed by atoms with Crippen molar-refractivity contribution in [1.82, 2.24) is 19.7 Å². The summed E-state index contributed by atoms with van der Waals surface area (Å²) in [4.78, 5) is 14.9. The molecule has 0 fully saturated rings. The van der Waals surface area contributed by atoms with Crippen molar-refractivity contribution in [3.63, 3.8) is 0 Å². The van der Waals surface area contributed by atoms with Gasteiger partial charge in [0, 0.05) is 12.3 Å². The van der Waals surface area contributed by atoms with Crippen molar-refractivity contribution in [2.45, 2.75) is 24.8 Å². The molecule has 2 aromatic carbocycles. The molecule has 0 aliphatic heterocycles. The van der Waals surface area contributed by atoms with Crippen molar-refractivity contribution in [2.75, 3.05) is 5.75 Å². The van der Waals surface area contributed by atoms with Gasteiger partial charge in [-0.15, -0.1) is 10.2 Å². The monoisotopic (exact) mass is 382 g/mol. The van der Waals surface area contributed by atoms with E-state index in [0.717, 1.165) is 29.0 Å². The molecule has 0 saturated heterocycles. The van der Waals surface area contributed by atoms with Crippen LogP contribution in [0.2, 0.25) is 0 Å². The van der Waals surface area contributed by atoms with E-state index in [4.69, 9.17) is 9.15 Å². The number of rotatable bonds is 8. The van der Waals surface area contributed by atoms with Gasteiger partial charge in [0.25, 0.3) is 11.1 Å². The Balaban J connectivity index is 1.26. The normalized spacial score (nSPS) is 11.1. The number of hydrogen-bond donors (Lipinski definition) is 1. The molecule has 0 unspecified atom stereocenters. The zero-order valence-electron chi connectivity index (χ0n) is 14.5. The molecule has 0 saturated carbocycles. The number of ether oxygens (including phenoxy) is 1. The zero-order valence-corrected chi connectivity index (χ0v) is 15.3. The number of para-hydroxylation sites is 3. The quantitative estimate of drug-likeness (QED) is 0.371. The van der Waals surface area contributed by atoms with Crippen LogP contribution < -0.4 is 10.4 Å². The molecule has 7 nitrogen and oxygen atoms in total. The Labute approximate surface area is 159 Å². The third-order valence-corrected chi connectivity index (χ3v) is 4.89. The average Bonchev–Trinajstić information content (AvgIpc) is 3.28. The van der Waals surface area contributed by atoms with Gasteiger partial charge in [0.2, 0.25) is 0 Å². The third kappa shape index (κ3) is 4.22. The van der Waals surface area contributed by atoms with E-state index >= 15 is 0 Å². The highest BCUT2D eigenvalue weighted by Gasteiger charge is 2.09. The Hall–Kier alpha value is -3.00. The number of aryl methyl sites for hydroxylation is 1. The van der Waals surface area contributed by atoms with Crippen molar-refractivity contribution in [3.8, 4) is 5.75 Å². The Bertz CT molecular complexity index is 1070. The summed E-state index contributed by atoms with van der Waals surface area (Å²) in [5.41, 5.74) is 1.69. The summed E-state index contributed by atoms with van der Waals surface area (Å²) in [5.74, 6) is 1.97. The molecule has 1 N–H and O–H groups in total. The number of benzene rings is 2.